The molecule has 13 heavy (non-hydrogen) atoms. The molecule has 0 atom stereocenters. The van der Waals surface area contributed by atoms with Gasteiger partial charge in [-0.05, 0) is 0 Å². The Morgan fingerprint density at radius 1 is 1.54 bits per heavy atom. The summed E-state index contributed by atoms with van der Waals surface area (Å²) in [5.41, 5.74) is -0.579. The number of carbonyl (C=O) groups excluding carboxylic acids is 1. The van der Waals surface area contributed by atoms with Crippen LogP contribution in [0.5, 0.6) is 0 Å². The lowest BCUT2D eigenvalue weighted by Gasteiger charge is -1.98. The molecule has 70 valence electrons. The van der Waals surface area contributed by atoms with Crippen molar-refractivity contribution in [2.45, 2.75) is 0 Å². The monoisotopic (exact) mass is 185 g/mol. The number of aromatic carboxylic acids is 1. The summed E-state index contributed by atoms with van der Waals surface area (Å²) in [6, 6.07) is 0. The highest BCUT2D eigenvalue weighted by Gasteiger charge is 2.23. The van der Waals surface area contributed by atoms with Gasteiger partial charge in [0.1, 0.15) is 0 Å². The number of methoxy groups -OCH3 is 1. The van der Waals surface area contributed by atoms with Crippen LogP contribution in [-0.2, 0) is 11.8 Å². The van der Waals surface area contributed by atoms with E-state index in [9.17, 15) is 9.59 Å². The van der Waals surface area contributed by atoms with Gasteiger partial charge in [-0.2, -0.15) is 0 Å². The van der Waals surface area contributed by atoms with E-state index in [1.807, 2.05) is 0 Å². The van der Waals surface area contributed by atoms with Gasteiger partial charge in [-0.15, -0.1) is 5.10 Å². The van der Waals surface area contributed by atoms with Crippen LogP contribution in [0.3, 0.4) is 0 Å². The predicted molar refractivity (Wildman–Crippen MR) is 39.3 cm³/mol. The summed E-state index contributed by atoms with van der Waals surface area (Å²) in [6.45, 7) is 0. The van der Waals surface area contributed by atoms with Gasteiger partial charge < -0.3 is 9.84 Å². The minimum atomic E-state index is -1.31. The van der Waals surface area contributed by atoms with Crippen molar-refractivity contribution in [3.63, 3.8) is 0 Å². The standard InChI is InChI=1S/C6H7N3O4/c1-9-4(6(12)13-2)3(5(10)11)7-8-9/h1-2H3,(H,10,11). The number of rotatable bonds is 2. The maximum atomic E-state index is 11.0. The number of aromatic nitrogens is 3. The first kappa shape index (κ1) is 9.17. The molecule has 0 bridgehead atoms. The van der Waals surface area contributed by atoms with E-state index in [-0.39, 0.29) is 5.69 Å². The van der Waals surface area contributed by atoms with E-state index >= 15 is 0 Å². The summed E-state index contributed by atoms with van der Waals surface area (Å²) in [4.78, 5) is 21.6. The number of ether oxygens (including phenoxy) is 1. The van der Waals surface area contributed by atoms with Crippen molar-refractivity contribution in [2.24, 2.45) is 7.05 Å². The fourth-order valence-corrected chi connectivity index (χ4v) is 0.827. The zero-order valence-electron chi connectivity index (χ0n) is 7.01. The van der Waals surface area contributed by atoms with E-state index in [0.717, 1.165) is 11.8 Å². The molecule has 7 heteroatoms. The molecular formula is C6H7N3O4. The van der Waals surface area contributed by atoms with Gasteiger partial charge in [-0.3, -0.25) is 0 Å². The second-order valence-electron chi connectivity index (χ2n) is 2.21. The minimum absolute atomic E-state index is 0.171. The van der Waals surface area contributed by atoms with Gasteiger partial charge in [-0.1, -0.05) is 5.21 Å². The van der Waals surface area contributed by atoms with Crippen molar-refractivity contribution in [3.8, 4) is 0 Å². The van der Waals surface area contributed by atoms with E-state index in [0.29, 0.717) is 0 Å². The zero-order valence-corrected chi connectivity index (χ0v) is 7.01. The van der Waals surface area contributed by atoms with Gasteiger partial charge in [0.25, 0.3) is 0 Å². The Bertz CT molecular complexity index is 357. The SMILES string of the molecule is COC(=O)c1c(C(=O)O)nnn1C. The Hall–Kier alpha value is -1.92. The molecular weight excluding hydrogens is 178 g/mol. The summed E-state index contributed by atoms with van der Waals surface area (Å²) < 4.78 is 5.41. The Morgan fingerprint density at radius 3 is 2.62 bits per heavy atom. The summed E-state index contributed by atoms with van der Waals surface area (Å²) in [6.07, 6.45) is 0. The Morgan fingerprint density at radius 2 is 2.15 bits per heavy atom. The first-order valence-electron chi connectivity index (χ1n) is 3.29. The number of carboxylic acids is 1. The first-order chi connectivity index (χ1) is 6.07. The number of nitrogens with zero attached hydrogens (tertiary/aromatic N) is 3. The highest BCUT2D eigenvalue weighted by Crippen LogP contribution is 2.05. The third-order valence-electron chi connectivity index (χ3n) is 1.41. The van der Waals surface area contributed by atoms with Crippen molar-refractivity contribution in [1.29, 1.82) is 0 Å². The summed E-state index contributed by atoms with van der Waals surface area (Å²) >= 11 is 0. The van der Waals surface area contributed by atoms with E-state index in [4.69, 9.17) is 5.11 Å². The molecule has 1 heterocycles. The second-order valence-corrected chi connectivity index (χ2v) is 2.21. The maximum Gasteiger partial charge on any atom is 0.359 e. The third kappa shape index (κ3) is 1.48. The largest absolute Gasteiger partial charge is 0.476 e. The molecule has 1 aromatic rings. The van der Waals surface area contributed by atoms with E-state index in [1.165, 1.54) is 7.05 Å². The minimum Gasteiger partial charge on any atom is -0.476 e. The molecule has 0 radical (unpaired) electrons. The second kappa shape index (κ2) is 3.21. The van der Waals surface area contributed by atoms with Crippen molar-refractivity contribution < 1.29 is 19.4 Å². The number of hydrogen-bond donors (Lipinski definition) is 1. The average Bonchev–Trinajstić information content (AvgIpc) is 2.46. The van der Waals surface area contributed by atoms with Crippen LogP contribution in [0.4, 0.5) is 0 Å². The molecule has 0 saturated heterocycles. The number of aryl methyl sites for hydroxylation is 1. The van der Waals surface area contributed by atoms with Gasteiger partial charge in [0, 0.05) is 7.05 Å². The van der Waals surface area contributed by atoms with Crippen LogP contribution in [-0.4, -0.2) is 39.1 Å². The highest BCUT2D eigenvalue weighted by molar-refractivity contribution is 5.99. The quantitative estimate of drug-likeness (QED) is 0.612. The maximum absolute atomic E-state index is 11.0. The molecule has 0 saturated carbocycles. The molecule has 1 N–H and O–H groups in total. The van der Waals surface area contributed by atoms with Gasteiger partial charge >= 0.3 is 11.9 Å². The lowest BCUT2D eigenvalue weighted by molar-refractivity contribution is 0.0570. The fraction of sp³-hybridized carbons (Fsp3) is 0.333. The molecule has 0 aromatic carbocycles. The Kier molecular flexibility index (Phi) is 2.27. The van der Waals surface area contributed by atoms with Crippen LogP contribution in [0, 0.1) is 0 Å². The van der Waals surface area contributed by atoms with Crippen molar-refractivity contribution >= 4 is 11.9 Å². The van der Waals surface area contributed by atoms with Crippen LogP contribution in [0.1, 0.15) is 21.0 Å². The van der Waals surface area contributed by atoms with Gasteiger partial charge in [-0.25, -0.2) is 14.3 Å². The average molecular weight is 185 g/mol. The molecule has 0 fully saturated rings. The molecule has 0 spiro atoms. The normalized spacial score (nSPS) is 9.69. The molecule has 0 aliphatic carbocycles. The lowest BCUT2D eigenvalue weighted by Crippen LogP contribution is -2.13. The Labute approximate surface area is 72.9 Å². The molecule has 1 rings (SSSR count). The number of esters is 1. The van der Waals surface area contributed by atoms with E-state index in [1.54, 1.807) is 0 Å². The fourth-order valence-electron chi connectivity index (χ4n) is 0.827. The van der Waals surface area contributed by atoms with Crippen LogP contribution < -0.4 is 0 Å². The lowest BCUT2D eigenvalue weighted by atomic mass is 10.3. The molecule has 0 aliphatic rings. The van der Waals surface area contributed by atoms with E-state index < -0.39 is 17.6 Å². The first-order valence-corrected chi connectivity index (χ1v) is 3.29. The summed E-state index contributed by atoms with van der Waals surface area (Å²) in [7, 11) is 2.56. The predicted octanol–water partition coefficient (Wildman–Crippen LogP) is -0.700. The van der Waals surface area contributed by atoms with Crippen LogP contribution in [0.2, 0.25) is 0 Å². The Balaban J connectivity index is 3.24. The van der Waals surface area contributed by atoms with Crippen LogP contribution in [0.15, 0.2) is 0 Å². The van der Waals surface area contributed by atoms with Crippen molar-refractivity contribution in [2.75, 3.05) is 7.11 Å². The van der Waals surface area contributed by atoms with E-state index in [2.05, 4.69) is 15.0 Å². The van der Waals surface area contributed by atoms with Crippen molar-refractivity contribution in [1.82, 2.24) is 15.0 Å². The summed E-state index contributed by atoms with van der Waals surface area (Å²) in [5.74, 6) is -2.08. The van der Waals surface area contributed by atoms with Crippen LogP contribution >= 0.6 is 0 Å². The molecule has 7 nitrogen and oxygen atoms in total. The third-order valence-corrected chi connectivity index (χ3v) is 1.41. The topological polar surface area (TPSA) is 94.3 Å². The number of hydrogen-bond acceptors (Lipinski definition) is 5. The molecule has 0 amide bonds. The zero-order chi connectivity index (χ0) is 10.0. The van der Waals surface area contributed by atoms with Crippen molar-refractivity contribution in [3.05, 3.63) is 11.4 Å². The van der Waals surface area contributed by atoms with Gasteiger partial charge in [0.05, 0.1) is 7.11 Å². The molecule has 0 unspecified atom stereocenters. The van der Waals surface area contributed by atoms with Gasteiger partial charge in [0.2, 0.25) is 5.69 Å². The number of carboxylic acid groups (broad SMARTS) is 1. The smallest absolute Gasteiger partial charge is 0.359 e. The molecule has 0 aliphatic heterocycles. The number of carbonyl (C=O) groups is 2. The molecule has 1 aromatic heterocycles. The highest BCUT2D eigenvalue weighted by atomic mass is 16.5. The van der Waals surface area contributed by atoms with Crippen LogP contribution in [0.25, 0.3) is 0 Å². The van der Waals surface area contributed by atoms with Gasteiger partial charge in [0.15, 0.2) is 5.69 Å². The summed E-state index contributed by atoms with van der Waals surface area (Å²) in [5, 5.41) is 15.3.